The van der Waals surface area contributed by atoms with Crippen LogP contribution in [0, 0.1) is 6.92 Å². The summed E-state index contributed by atoms with van der Waals surface area (Å²) in [6.07, 6.45) is 5.37. The summed E-state index contributed by atoms with van der Waals surface area (Å²) in [5.41, 5.74) is 7.41. The number of nitrogen functional groups attached to an aromatic ring is 1. The number of rotatable bonds is 3. The summed E-state index contributed by atoms with van der Waals surface area (Å²) >= 11 is 0. The Morgan fingerprint density at radius 3 is 2.89 bits per heavy atom. The molecule has 1 aromatic carbocycles. The third-order valence-electron chi connectivity index (χ3n) is 3.46. The van der Waals surface area contributed by atoms with Crippen LogP contribution in [0.1, 0.15) is 23.1 Å². The van der Waals surface area contributed by atoms with Gasteiger partial charge in [-0.15, -0.1) is 0 Å². The van der Waals surface area contributed by atoms with Crippen molar-refractivity contribution >= 4 is 17.5 Å². The maximum absolute atomic E-state index is 5.33. The molecule has 0 saturated carbocycles. The van der Waals surface area contributed by atoms with Crippen molar-refractivity contribution in [1.82, 2.24) is 9.97 Å². The molecule has 0 spiro atoms. The molecular formula is C14H17N5. The largest absolute Gasteiger partial charge is 0.340 e. The van der Waals surface area contributed by atoms with Gasteiger partial charge in [-0.1, -0.05) is 6.07 Å². The molecule has 4 N–H and O–H groups in total. The number of fused-ring (bicyclic) bond motifs is 1. The van der Waals surface area contributed by atoms with Crippen LogP contribution in [-0.2, 0) is 12.8 Å². The molecule has 0 aliphatic heterocycles. The highest BCUT2D eigenvalue weighted by Crippen LogP contribution is 2.27. The van der Waals surface area contributed by atoms with Gasteiger partial charge in [-0.25, -0.2) is 10.8 Å². The Balaban J connectivity index is 1.88. The lowest BCUT2D eigenvalue weighted by Crippen LogP contribution is -2.11. The van der Waals surface area contributed by atoms with E-state index in [-0.39, 0.29) is 0 Å². The molecule has 0 unspecified atom stereocenters. The molecule has 5 heteroatoms. The second kappa shape index (κ2) is 4.85. The number of hydrazine groups is 1. The number of nitrogens with one attached hydrogen (secondary N) is 2. The van der Waals surface area contributed by atoms with E-state index in [0.29, 0.717) is 5.95 Å². The van der Waals surface area contributed by atoms with Crippen LogP contribution in [0.15, 0.2) is 24.4 Å². The first kappa shape index (κ1) is 11.9. The second-order valence-electron chi connectivity index (χ2n) is 4.83. The molecule has 98 valence electrons. The average molecular weight is 255 g/mol. The summed E-state index contributed by atoms with van der Waals surface area (Å²) in [5.74, 6) is 6.52. The van der Waals surface area contributed by atoms with Crippen LogP contribution in [0.2, 0.25) is 0 Å². The van der Waals surface area contributed by atoms with E-state index >= 15 is 0 Å². The van der Waals surface area contributed by atoms with Crippen molar-refractivity contribution in [2.45, 2.75) is 26.2 Å². The van der Waals surface area contributed by atoms with Gasteiger partial charge >= 0.3 is 0 Å². The van der Waals surface area contributed by atoms with E-state index in [0.717, 1.165) is 17.1 Å². The van der Waals surface area contributed by atoms with Crippen molar-refractivity contribution in [3.8, 4) is 0 Å². The van der Waals surface area contributed by atoms with E-state index in [1.165, 1.54) is 30.4 Å². The van der Waals surface area contributed by atoms with Gasteiger partial charge in [0.25, 0.3) is 0 Å². The Labute approximate surface area is 112 Å². The standard InChI is InChI=1S/C14H17N5/c1-9-8-16-14(19-15)18-13(9)17-12-6-5-10-3-2-4-11(10)7-12/h5-8H,2-4,15H2,1H3,(H2,16,17,18,19). The minimum Gasteiger partial charge on any atom is -0.340 e. The molecule has 0 bridgehead atoms. The molecule has 0 atom stereocenters. The summed E-state index contributed by atoms with van der Waals surface area (Å²) in [6.45, 7) is 1.97. The van der Waals surface area contributed by atoms with E-state index in [1.54, 1.807) is 6.20 Å². The molecule has 3 rings (SSSR count). The van der Waals surface area contributed by atoms with Crippen LogP contribution in [0.3, 0.4) is 0 Å². The number of aryl methyl sites for hydroxylation is 3. The van der Waals surface area contributed by atoms with Crippen molar-refractivity contribution in [2.75, 3.05) is 10.7 Å². The van der Waals surface area contributed by atoms with Gasteiger partial charge in [0, 0.05) is 17.4 Å². The Morgan fingerprint density at radius 1 is 1.21 bits per heavy atom. The van der Waals surface area contributed by atoms with Crippen molar-refractivity contribution in [3.05, 3.63) is 41.1 Å². The van der Waals surface area contributed by atoms with Gasteiger partial charge in [0.2, 0.25) is 5.95 Å². The van der Waals surface area contributed by atoms with Crippen LogP contribution in [0.5, 0.6) is 0 Å². The minimum absolute atomic E-state index is 0.411. The quantitative estimate of drug-likeness (QED) is 0.579. The molecule has 2 aromatic rings. The van der Waals surface area contributed by atoms with E-state index < -0.39 is 0 Å². The minimum atomic E-state index is 0.411. The molecule has 1 aliphatic carbocycles. The van der Waals surface area contributed by atoms with Gasteiger partial charge in [-0.05, 0) is 49.4 Å². The first-order valence-corrected chi connectivity index (χ1v) is 6.45. The van der Waals surface area contributed by atoms with Gasteiger partial charge in [0.15, 0.2) is 0 Å². The monoisotopic (exact) mass is 255 g/mol. The summed E-state index contributed by atoms with van der Waals surface area (Å²) in [4.78, 5) is 8.39. The Hall–Kier alpha value is -2.14. The number of aromatic nitrogens is 2. The first-order chi connectivity index (χ1) is 9.26. The maximum atomic E-state index is 5.33. The molecule has 0 fully saturated rings. The van der Waals surface area contributed by atoms with Crippen LogP contribution < -0.4 is 16.6 Å². The summed E-state index contributed by atoms with van der Waals surface area (Å²) in [7, 11) is 0. The highest BCUT2D eigenvalue weighted by molar-refractivity contribution is 5.61. The number of hydrogen-bond donors (Lipinski definition) is 3. The molecular weight excluding hydrogens is 238 g/mol. The third kappa shape index (κ3) is 2.37. The molecule has 1 aromatic heterocycles. The molecule has 5 nitrogen and oxygen atoms in total. The topological polar surface area (TPSA) is 75.9 Å². The first-order valence-electron chi connectivity index (χ1n) is 6.45. The number of nitrogens with two attached hydrogens (primary N) is 1. The Kier molecular flexibility index (Phi) is 3.05. The van der Waals surface area contributed by atoms with Crippen molar-refractivity contribution in [3.63, 3.8) is 0 Å². The highest BCUT2D eigenvalue weighted by Gasteiger charge is 2.11. The molecule has 19 heavy (non-hydrogen) atoms. The van der Waals surface area contributed by atoms with Gasteiger partial charge in [0.1, 0.15) is 5.82 Å². The van der Waals surface area contributed by atoms with E-state index in [2.05, 4.69) is 38.9 Å². The van der Waals surface area contributed by atoms with Crippen molar-refractivity contribution in [1.29, 1.82) is 0 Å². The zero-order valence-corrected chi connectivity index (χ0v) is 10.9. The van der Waals surface area contributed by atoms with Gasteiger partial charge < -0.3 is 5.32 Å². The summed E-state index contributed by atoms with van der Waals surface area (Å²) in [6, 6.07) is 6.50. The Bertz CT molecular complexity index is 609. The fraction of sp³-hybridized carbons (Fsp3) is 0.286. The van der Waals surface area contributed by atoms with Gasteiger partial charge in [-0.2, -0.15) is 4.98 Å². The van der Waals surface area contributed by atoms with Crippen LogP contribution >= 0.6 is 0 Å². The lowest BCUT2D eigenvalue weighted by Gasteiger charge is -2.11. The predicted octanol–water partition coefficient (Wildman–Crippen LogP) is 2.30. The van der Waals surface area contributed by atoms with Gasteiger partial charge in [-0.3, -0.25) is 5.43 Å². The lowest BCUT2D eigenvalue weighted by atomic mass is 10.1. The lowest BCUT2D eigenvalue weighted by molar-refractivity contribution is 0.912. The molecule has 1 heterocycles. The fourth-order valence-electron chi connectivity index (χ4n) is 2.42. The smallest absolute Gasteiger partial charge is 0.239 e. The van der Waals surface area contributed by atoms with Crippen LogP contribution in [-0.4, -0.2) is 9.97 Å². The fourth-order valence-corrected chi connectivity index (χ4v) is 2.42. The molecule has 0 saturated heterocycles. The molecule has 1 aliphatic rings. The van der Waals surface area contributed by atoms with E-state index in [4.69, 9.17) is 5.84 Å². The van der Waals surface area contributed by atoms with Crippen LogP contribution in [0.25, 0.3) is 0 Å². The number of hydrogen-bond acceptors (Lipinski definition) is 5. The van der Waals surface area contributed by atoms with Gasteiger partial charge in [0.05, 0.1) is 0 Å². The molecule has 0 amide bonds. The zero-order valence-electron chi connectivity index (χ0n) is 10.9. The number of benzene rings is 1. The van der Waals surface area contributed by atoms with Crippen molar-refractivity contribution in [2.24, 2.45) is 5.84 Å². The maximum Gasteiger partial charge on any atom is 0.239 e. The van der Waals surface area contributed by atoms with E-state index in [1.807, 2.05) is 6.92 Å². The number of nitrogens with zero attached hydrogens (tertiary/aromatic N) is 2. The summed E-state index contributed by atoms with van der Waals surface area (Å²) < 4.78 is 0. The normalized spacial score (nSPS) is 13.2. The molecule has 0 radical (unpaired) electrons. The third-order valence-corrected chi connectivity index (χ3v) is 3.46. The Morgan fingerprint density at radius 2 is 2.05 bits per heavy atom. The van der Waals surface area contributed by atoms with Crippen molar-refractivity contribution < 1.29 is 0 Å². The van der Waals surface area contributed by atoms with Crippen LogP contribution in [0.4, 0.5) is 17.5 Å². The predicted molar refractivity (Wildman–Crippen MR) is 76.3 cm³/mol. The zero-order chi connectivity index (χ0) is 13.2. The van der Waals surface area contributed by atoms with E-state index in [9.17, 15) is 0 Å². The average Bonchev–Trinajstić information content (AvgIpc) is 2.89. The second-order valence-corrected chi connectivity index (χ2v) is 4.83. The SMILES string of the molecule is Cc1cnc(NN)nc1Nc1ccc2c(c1)CCC2. The summed E-state index contributed by atoms with van der Waals surface area (Å²) in [5, 5.41) is 3.33. The highest BCUT2D eigenvalue weighted by atomic mass is 15.3. The number of anilines is 3.